The number of nitrogens with zero attached hydrogens (tertiary/aromatic N) is 1. The Morgan fingerprint density at radius 1 is 1.00 bits per heavy atom. The number of esters is 1. The number of carbonyl (C=O) groups is 1. The maximum absolute atomic E-state index is 12.3. The van der Waals surface area contributed by atoms with E-state index in [1.54, 1.807) is 55.6 Å². The molecular weight excluding hydrogens is 294 g/mol. The van der Waals surface area contributed by atoms with E-state index in [-0.39, 0.29) is 0 Å². The van der Waals surface area contributed by atoms with E-state index in [9.17, 15) is 10.1 Å². The Kier molecular flexibility index (Phi) is 5.73. The summed E-state index contributed by atoms with van der Waals surface area (Å²) in [5.41, 5.74) is 1.25. The van der Waals surface area contributed by atoms with Crippen LogP contribution in [0.2, 0.25) is 0 Å². The Hall–Kier alpha value is -2.84. The molecule has 0 aliphatic rings. The fourth-order valence-corrected chi connectivity index (χ4v) is 2.12. The number of nitriles is 1. The average Bonchev–Trinajstić information content (AvgIpc) is 2.61. The van der Waals surface area contributed by atoms with Crippen molar-refractivity contribution in [1.29, 1.82) is 5.26 Å². The van der Waals surface area contributed by atoms with Gasteiger partial charge in [0.05, 0.1) is 7.11 Å². The van der Waals surface area contributed by atoms with Crippen molar-refractivity contribution in [2.24, 2.45) is 0 Å². The molecule has 0 aromatic heterocycles. The van der Waals surface area contributed by atoms with E-state index in [0.29, 0.717) is 16.9 Å². The lowest BCUT2D eigenvalue weighted by Crippen LogP contribution is -2.20. The molecule has 2 aromatic rings. The van der Waals surface area contributed by atoms with Gasteiger partial charge in [-0.3, -0.25) is 0 Å². The molecular formula is C18H17NO4. The first-order valence-electron chi connectivity index (χ1n) is 7.01. The highest BCUT2D eigenvalue weighted by Gasteiger charge is 2.25. The summed E-state index contributed by atoms with van der Waals surface area (Å²) < 4.78 is 15.6. The largest absolute Gasteiger partial charge is 0.497 e. The van der Waals surface area contributed by atoms with Gasteiger partial charge in [0.1, 0.15) is 11.8 Å². The molecule has 0 saturated heterocycles. The number of hydrogen-bond acceptors (Lipinski definition) is 5. The van der Waals surface area contributed by atoms with E-state index < -0.39 is 18.2 Å². The molecule has 0 amide bonds. The van der Waals surface area contributed by atoms with Gasteiger partial charge in [-0.05, 0) is 17.7 Å². The van der Waals surface area contributed by atoms with Crippen molar-refractivity contribution < 1.29 is 19.0 Å². The summed E-state index contributed by atoms with van der Waals surface area (Å²) in [5.74, 6) is 0.0527. The van der Waals surface area contributed by atoms with Crippen LogP contribution in [0.25, 0.3) is 0 Å². The highest BCUT2D eigenvalue weighted by molar-refractivity contribution is 5.77. The average molecular weight is 311 g/mol. The molecule has 0 spiro atoms. The van der Waals surface area contributed by atoms with Gasteiger partial charge in [-0.15, -0.1) is 0 Å². The Bertz CT molecular complexity index is 676. The molecule has 0 fully saturated rings. The van der Waals surface area contributed by atoms with Gasteiger partial charge in [0.25, 0.3) is 0 Å². The van der Waals surface area contributed by atoms with E-state index in [1.807, 2.05) is 12.1 Å². The lowest BCUT2D eigenvalue weighted by atomic mass is 10.1. The van der Waals surface area contributed by atoms with E-state index >= 15 is 0 Å². The zero-order valence-corrected chi connectivity index (χ0v) is 12.9. The summed E-state index contributed by atoms with van der Waals surface area (Å²) in [6, 6.07) is 17.8. The van der Waals surface area contributed by atoms with E-state index in [4.69, 9.17) is 14.2 Å². The summed E-state index contributed by atoms with van der Waals surface area (Å²) in [5, 5.41) is 9.28. The molecule has 2 aromatic carbocycles. The van der Waals surface area contributed by atoms with Crippen LogP contribution in [0.1, 0.15) is 23.3 Å². The second-order valence-corrected chi connectivity index (χ2v) is 4.75. The molecule has 0 aliphatic heterocycles. The molecule has 0 saturated carbocycles. The normalized spacial score (nSPS) is 12.7. The third-order valence-corrected chi connectivity index (χ3v) is 3.32. The highest BCUT2D eigenvalue weighted by Crippen LogP contribution is 2.24. The number of rotatable bonds is 6. The third-order valence-electron chi connectivity index (χ3n) is 3.32. The molecule has 5 heteroatoms. The molecule has 118 valence electrons. The second-order valence-electron chi connectivity index (χ2n) is 4.75. The Morgan fingerprint density at radius 3 is 2.17 bits per heavy atom. The summed E-state index contributed by atoms with van der Waals surface area (Å²) >= 11 is 0. The van der Waals surface area contributed by atoms with Gasteiger partial charge in [0.2, 0.25) is 6.10 Å². The van der Waals surface area contributed by atoms with Crippen molar-refractivity contribution in [2.75, 3.05) is 14.2 Å². The van der Waals surface area contributed by atoms with Crippen LogP contribution < -0.4 is 4.74 Å². The van der Waals surface area contributed by atoms with Crippen LogP contribution in [0.15, 0.2) is 54.6 Å². The van der Waals surface area contributed by atoms with Crippen LogP contribution in [0.5, 0.6) is 5.75 Å². The monoisotopic (exact) mass is 311 g/mol. The number of ether oxygens (including phenoxy) is 3. The fourth-order valence-electron chi connectivity index (χ4n) is 2.12. The van der Waals surface area contributed by atoms with E-state index in [0.717, 1.165) is 0 Å². The van der Waals surface area contributed by atoms with Crippen LogP contribution in [-0.2, 0) is 14.3 Å². The summed E-state index contributed by atoms with van der Waals surface area (Å²) in [4.78, 5) is 12.3. The van der Waals surface area contributed by atoms with Crippen LogP contribution in [-0.4, -0.2) is 20.2 Å². The van der Waals surface area contributed by atoms with Gasteiger partial charge in [-0.2, -0.15) is 5.26 Å². The van der Waals surface area contributed by atoms with Crippen molar-refractivity contribution in [2.45, 2.75) is 12.2 Å². The van der Waals surface area contributed by atoms with E-state index in [2.05, 4.69) is 0 Å². The fraction of sp³-hybridized carbons (Fsp3) is 0.222. The number of carbonyl (C=O) groups excluding carboxylic acids is 1. The van der Waals surface area contributed by atoms with Crippen molar-refractivity contribution in [3.63, 3.8) is 0 Å². The van der Waals surface area contributed by atoms with Crippen molar-refractivity contribution in [3.8, 4) is 11.8 Å². The van der Waals surface area contributed by atoms with Gasteiger partial charge in [0, 0.05) is 12.7 Å². The van der Waals surface area contributed by atoms with Crippen molar-refractivity contribution in [3.05, 3.63) is 65.7 Å². The molecule has 23 heavy (non-hydrogen) atoms. The van der Waals surface area contributed by atoms with E-state index in [1.165, 1.54) is 7.11 Å². The predicted octanol–water partition coefficient (Wildman–Crippen LogP) is 3.19. The van der Waals surface area contributed by atoms with Crippen molar-refractivity contribution in [1.82, 2.24) is 0 Å². The molecule has 0 unspecified atom stereocenters. The first kappa shape index (κ1) is 16.5. The number of benzene rings is 2. The van der Waals surface area contributed by atoms with Gasteiger partial charge in [-0.25, -0.2) is 4.79 Å². The minimum Gasteiger partial charge on any atom is -0.497 e. The first-order chi connectivity index (χ1) is 11.2. The minimum absolute atomic E-state index is 0.574. The van der Waals surface area contributed by atoms with Crippen LogP contribution in [0.4, 0.5) is 0 Å². The molecule has 0 heterocycles. The van der Waals surface area contributed by atoms with Gasteiger partial charge < -0.3 is 14.2 Å². The zero-order chi connectivity index (χ0) is 16.7. The quantitative estimate of drug-likeness (QED) is 0.766. The molecule has 2 atom stereocenters. The topological polar surface area (TPSA) is 68.5 Å². The number of methoxy groups -OCH3 is 2. The van der Waals surface area contributed by atoms with Crippen LogP contribution >= 0.6 is 0 Å². The summed E-state index contributed by atoms with van der Waals surface area (Å²) in [7, 11) is 2.98. The summed E-state index contributed by atoms with van der Waals surface area (Å²) in [6.45, 7) is 0. The molecule has 0 bridgehead atoms. The lowest BCUT2D eigenvalue weighted by molar-refractivity contribution is -0.159. The van der Waals surface area contributed by atoms with Gasteiger partial charge >= 0.3 is 5.97 Å². The zero-order valence-electron chi connectivity index (χ0n) is 12.9. The van der Waals surface area contributed by atoms with Crippen LogP contribution in [0.3, 0.4) is 0 Å². The maximum atomic E-state index is 12.3. The summed E-state index contributed by atoms with van der Waals surface area (Å²) in [6.07, 6.45) is -1.87. The Morgan fingerprint density at radius 2 is 1.65 bits per heavy atom. The Balaban J connectivity index is 2.14. The SMILES string of the molecule is COc1ccc([C@H](C#N)OC(=O)[C@@H](OC)c2ccccc2)cc1. The number of hydrogen-bond donors (Lipinski definition) is 0. The lowest BCUT2D eigenvalue weighted by Gasteiger charge is -2.17. The van der Waals surface area contributed by atoms with Gasteiger partial charge in [0.15, 0.2) is 6.10 Å². The standard InChI is InChI=1S/C18H17NO4/c1-21-15-10-8-13(9-11-15)16(12-19)23-18(20)17(22-2)14-6-4-3-5-7-14/h3-11,16-17H,1-2H3/t16-,17-/m0/s1. The first-order valence-corrected chi connectivity index (χ1v) is 7.01. The molecule has 2 rings (SSSR count). The maximum Gasteiger partial charge on any atom is 0.341 e. The van der Waals surface area contributed by atoms with Crippen molar-refractivity contribution >= 4 is 5.97 Å². The van der Waals surface area contributed by atoms with Crippen LogP contribution in [0, 0.1) is 11.3 Å². The highest BCUT2D eigenvalue weighted by atomic mass is 16.6. The minimum atomic E-state index is -1.00. The molecule has 0 N–H and O–H groups in total. The molecule has 0 radical (unpaired) electrons. The molecule has 5 nitrogen and oxygen atoms in total. The second kappa shape index (κ2) is 7.97. The van der Waals surface area contributed by atoms with Gasteiger partial charge in [-0.1, -0.05) is 42.5 Å². The third kappa shape index (κ3) is 4.09. The predicted molar refractivity (Wildman–Crippen MR) is 83.6 cm³/mol. The molecule has 0 aliphatic carbocycles. The Labute approximate surface area is 135 Å². The smallest absolute Gasteiger partial charge is 0.341 e.